The summed E-state index contributed by atoms with van der Waals surface area (Å²) in [7, 11) is -1.42. The number of unbranched alkanes of at least 4 members (excludes halogenated alkanes) is 1. The molecule has 0 rings (SSSR count). The van der Waals surface area contributed by atoms with Crippen LogP contribution in [0.25, 0.3) is 0 Å². The molecule has 0 saturated heterocycles. The van der Waals surface area contributed by atoms with Crippen LogP contribution in [0.3, 0.4) is 0 Å². The Morgan fingerprint density at radius 2 is 2.00 bits per heavy atom. The lowest BCUT2D eigenvalue weighted by molar-refractivity contribution is 0.321. The summed E-state index contributed by atoms with van der Waals surface area (Å²) in [5.74, 6) is 5.11. The van der Waals surface area contributed by atoms with Crippen LogP contribution in [0, 0.1) is 0 Å². The summed E-state index contributed by atoms with van der Waals surface area (Å²) in [6.07, 6.45) is 2.48. The fraction of sp³-hybridized carbons (Fsp3) is 1.00. The molecule has 0 fully saturated rings. The summed E-state index contributed by atoms with van der Waals surface area (Å²) < 4.78 is 4.88. The van der Waals surface area contributed by atoms with Crippen LogP contribution in [0.2, 0.25) is 19.1 Å². The molecule has 0 amide bonds. The fourth-order valence-corrected chi connectivity index (χ4v) is 1.98. The van der Waals surface area contributed by atoms with Gasteiger partial charge in [-0.25, -0.2) is 5.90 Å². The standard InChI is InChI=1S/C6H17NOSi/c1-4-5-6-9(2,3)8-7/h4-7H2,1-3H3. The van der Waals surface area contributed by atoms with Gasteiger partial charge < -0.3 is 4.53 Å². The summed E-state index contributed by atoms with van der Waals surface area (Å²) in [6, 6.07) is 1.18. The predicted octanol–water partition coefficient (Wildman–Crippen LogP) is 1.88. The maximum absolute atomic E-state index is 5.11. The molecule has 0 radical (unpaired) electrons. The first-order valence-corrected chi connectivity index (χ1v) is 6.62. The number of hydrogen-bond acceptors (Lipinski definition) is 2. The Labute approximate surface area is 58.5 Å². The second-order valence-corrected chi connectivity index (χ2v) is 7.24. The second-order valence-electron chi connectivity index (χ2n) is 2.98. The van der Waals surface area contributed by atoms with Crippen molar-refractivity contribution < 1.29 is 4.53 Å². The van der Waals surface area contributed by atoms with E-state index in [1.54, 1.807) is 0 Å². The van der Waals surface area contributed by atoms with Crippen molar-refractivity contribution in [3.63, 3.8) is 0 Å². The third-order valence-electron chi connectivity index (χ3n) is 1.45. The minimum absolute atomic E-state index is 1.18. The summed E-state index contributed by atoms with van der Waals surface area (Å²) in [6.45, 7) is 6.46. The highest BCUT2D eigenvalue weighted by Gasteiger charge is 2.19. The largest absolute Gasteiger partial charge is 0.348 e. The zero-order valence-electron chi connectivity index (χ0n) is 6.61. The third kappa shape index (κ3) is 4.63. The Morgan fingerprint density at radius 3 is 2.33 bits per heavy atom. The molecule has 9 heavy (non-hydrogen) atoms. The quantitative estimate of drug-likeness (QED) is 0.487. The molecule has 2 nitrogen and oxygen atoms in total. The molecule has 0 spiro atoms. The summed E-state index contributed by atoms with van der Waals surface area (Å²) >= 11 is 0. The first-order valence-electron chi connectivity index (χ1n) is 3.50. The third-order valence-corrected chi connectivity index (χ3v) is 3.65. The average Bonchev–Trinajstić information content (AvgIpc) is 1.84. The molecule has 0 aliphatic carbocycles. The van der Waals surface area contributed by atoms with Gasteiger partial charge in [-0.3, -0.25) is 0 Å². The molecule has 0 aliphatic rings. The van der Waals surface area contributed by atoms with E-state index in [2.05, 4.69) is 20.0 Å². The van der Waals surface area contributed by atoms with Crippen molar-refractivity contribution in [2.24, 2.45) is 5.90 Å². The van der Waals surface area contributed by atoms with Crippen LogP contribution in [-0.4, -0.2) is 8.32 Å². The molecular weight excluding hydrogens is 130 g/mol. The van der Waals surface area contributed by atoms with Crippen LogP contribution in [0.1, 0.15) is 19.8 Å². The molecule has 0 saturated carbocycles. The highest BCUT2D eigenvalue weighted by Crippen LogP contribution is 2.11. The van der Waals surface area contributed by atoms with Gasteiger partial charge in [-0.2, -0.15) is 0 Å². The molecular formula is C6H17NOSi. The van der Waals surface area contributed by atoms with Gasteiger partial charge in [0, 0.05) is 0 Å². The number of hydrogen-bond donors (Lipinski definition) is 1. The molecule has 0 heterocycles. The minimum Gasteiger partial charge on any atom is -0.348 e. The van der Waals surface area contributed by atoms with Gasteiger partial charge in [-0.05, 0) is 19.1 Å². The lowest BCUT2D eigenvalue weighted by atomic mass is 10.4. The average molecular weight is 147 g/mol. The van der Waals surface area contributed by atoms with Crippen LogP contribution >= 0.6 is 0 Å². The zero-order valence-corrected chi connectivity index (χ0v) is 7.61. The van der Waals surface area contributed by atoms with Crippen molar-refractivity contribution >= 4 is 8.32 Å². The molecule has 0 aromatic heterocycles. The number of rotatable bonds is 4. The van der Waals surface area contributed by atoms with E-state index in [1.807, 2.05) is 0 Å². The summed E-state index contributed by atoms with van der Waals surface area (Å²) in [4.78, 5) is 0. The molecule has 56 valence electrons. The van der Waals surface area contributed by atoms with Crippen molar-refractivity contribution in [1.29, 1.82) is 0 Å². The van der Waals surface area contributed by atoms with Crippen molar-refractivity contribution in [1.82, 2.24) is 0 Å². The van der Waals surface area contributed by atoms with Crippen LogP contribution in [0.5, 0.6) is 0 Å². The van der Waals surface area contributed by atoms with Gasteiger partial charge in [0.05, 0.1) is 0 Å². The molecule has 0 aliphatic heterocycles. The topological polar surface area (TPSA) is 35.2 Å². The molecule has 2 N–H and O–H groups in total. The van der Waals surface area contributed by atoms with Crippen LogP contribution in [-0.2, 0) is 4.53 Å². The van der Waals surface area contributed by atoms with Crippen LogP contribution in [0.15, 0.2) is 0 Å². The van der Waals surface area contributed by atoms with Crippen molar-refractivity contribution in [2.75, 3.05) is 0 Å². The van der Waals surface area contributed by atoms with Crippen molar-refractivity contribution in [3.8, 4) is 0 Å². The van der Waals surface area contributed by atoms with Crippen LogP contribution < -0.4 is 5.90 Å². The Hall–Kier alpha value is 0.137. The van der Waals surface area contributed by atoms with E-state index in [0.717, 1.165) is 0 Å². The maximum atomic E-state index is 5.11. The molecule has 0 aromatic rings. The lowest BCUT2D eigenvalue weighted by Gasteiger charge is -2.17. The Morgan fingerprint density at radius 1 is 1.44 bits per heavy atom. The normalized spacial score (nSPS) is 12.0. The van der Waals surface area contributed by atoms with Gasteiger partial charge in [0.15, 0.2) is 0 Å². The van der Waals surface area contributed by atoms with Gasteiger partial charge in [0.2, 0.25) is 8.32 Å². The molecule has 0 bridgehead atoms. The first-order chi connectivity index (χ1) is 4.12. The van der Waals surface area contributed by atoms with Gasteiger partial charge in [-0.15, -0.1) is 0 Å². The molecule has 3 heteroatoms. The van der Waals surface area contributed by atoms with E-state index in [-0.39, 0.29) is 0 Å². The molecule has 0 unspecified atom stereocenters. The smallest absolute Gasteiger partial charge is 0.214 e. The van der Waals surface area contributed by atoms with Gasteiger partial charge in [0.25, 0.3) is 0 Å². The zero-order chi connectivity index (χ0) is 7.33. The van der Waals surface area contributed by atoms with Gasteiger partial charge in [0.1, 0.15) is 0 Å². The predicted molar refractivity (Wildman–Crippen MR) is 42.5 cm³/mol. The van der Waals surface area contributed by atoms with Crippen molar-refractivity contribution in [2.45, 2.75) is 38.9 Å². The van der Waals surface area contributed by atoms with E-state index < -0.39 is 8.32 Å². The SMILES string of the molecule is CCCC[Si](C)(C)ON. The fourth-order valence-electron chi connectivity index (χ4n) is 0.661. The molecule has 0 atom stereocenters. The summed E-state index contributed by atoms with van der Waals surface area (Å²) in [5, 5.41) is 0. The summed E-state index contributed by atoms with van der Waals surface area (Å²) in [5.41, 5.74) is 0. The Kier molecular flexibility index (Phi) is 4.09. The monoisotopic (exact) mass is 147 g/mol. The highest BCUT2D eigenvalue weighted by atomic mass is 28.4. The van der Waals surface area contributed by atoms with Crippen molar-refractivity contribution in [3.05, 3.63) is 0 Å². The maximum Gasteiger partial charge on any atom is 0.214 e. The Balaban J connectivity index is 3.33. The van der Waals surface area contributed by atoms with E-state index >= 15 is 0 Å². The number of nitrogens with two attached hydrogens (primary N) is 1. The van der Waals surface area contributed by atoms with Gasteiger partial charge >= 0.3 is 0 Å². The van der Waals surface area contributed by atoms with Gasteiger partial charge in [-0.1, -0.05) is 19.8 Å². The molecule has 0 aromatic carbocycles. The minimum atomic E-state index is -1.42. The first kappa shape index (κ1) is 9.14. The highest BCUT2D eigenvalue weighted by molar-refractivity contribution is 6.71. The van der Waals surface area contributed by atoms with Crippen LogP contribution in [0.4, 0.5) is 0 Å². The van der Waals surface area contributed by atoms with E-state index in [1.165, 1.54) is 18.9 Å². The van der Waals surface area contributed by atoms with E-state index in [9.17, 15) is 0 Å². The van der Waals surface area contributed by atoms with E-state index in [0.29, 0.717) is 0 Å². The van der Waals surface area contributed by atoms with E-state index in [4.69, 9.17) is 10.4 Å². The lowest BCUT2D eigenvalue weighted by Crippen LogP contribution is -2.33. The second kappa shape index (κ2) is 4.03. The Bertz CT molecular complexity index is 75.5.